The molecule has 3 aliphatic rings. The molecule has 3 N–H and O–H groups in total. The molecule has 0 aromatic heterocycles. The van der Waals surface area contributed by atoms with Gasteiger partial charge in [-0.05, 0) is 37.8 Å². The molecule has 0 spiro atoms. The molecule has 10 heteroatoms. The number of primary sulfonamides is 1. The van der Waals surface area contributed by atoms with Crippen LogP contribution in [0.1, 0.15) is 69.8 Å². The largest absolute Gasteiger partial charge is 0.366 e. The molecule has 1 aromatic carbocycles. The fourth-order valence-corrected chi connectivity index (χ4v) is 7.29. The zero-order valence-corrected chi connectivity index (χ0v) is 20.7. The lowest BCUT2D eigenvalue weighted by molar-refractivity contribution is -0.0737. The van der Waals surface area contributed by atoms with Crippen molar-refractivity contribution in [2.45, 2.75) is 86.9 Å². The molecule has 2 aliphatic carbocycles. The van der Waals surface area contributed by atoms with Crippen molar-refractivity contribution in [3.05, 3.63) is 28.8 Å². The topological polar surface area (TPSA) is 96.0 Å². The van der Waals surface area contributed by atoms with Gasteiger partial charge in [0.2, 0.25) is 10.0 Å². The van der Waals surface area contributed by atoms with Crippen molar-refractivity contribution in [3.8, 4) is 0 Å². The summed E-state index contributed by atoms with van der Waals surface area (Å²) in [7, 11) is -3.99. The standard InChI is InChI=1S/C21H30ClN3O3S2.ClH/c22-18-12-11-15(13-19(18)30(23,27)28)21(26)14-29-20(24-16-7-3-1-4-8-16)25(21)17-9-5-2-6-10-17;/h11-13,16-17,26H,1-10,14H2,(H2,23,27,28);1H. The predicted octanol–water partition coefficient (Wildman–Crippen LogP) is 4.62. The Hall–Kier alpha value is -0.510. The van der Waals surface area contributed by atoms with Gasteiger partial charge in [0.05, 0.1) is 16.8 Å². The lowest BCUT2D eigenvalue weighted by Crippen LogP contribution is -2.51. The average molecular weight is 509 g/mol. The Morgan fingerprint density at radius 1 is 1.10 bits per heavy atom. The van der Waals surface area contributed by atoms with Crippen molar-refractivity contribution < 1.29 is 13.5 Å². The van der Waals surface area contributed by atoms with Crippen molar-refractivity contribution >= 4 is 51.0 Å². The second-order valence-electron chi connectivity index (χ2n) is 8.66. The Morgan fingerprint density at radius 2 is 1.71 bits per heavy atom. The molecule has 1 atom stereocenters. The van der Waals surface area contributed by atoms with E-state index in [-0.39, 0.29) is 28.4 Å². The van der Waals surface area contributed by atoms with Gasteiger partial charge in [-0.25, -0.2) is 13.6 Å². The predicted molar refractivity (Wildman–Crippen MR) is 129 cm³/mol. The monoisotopic (exact) mass is 507 g/mol. The van der Waals surface area contributed by atoms with E-state index in [1.165, 1.54) is 37.8 Å². The van der Waals surface area contributed by atoms with Crippen molar-refractivity contribution in [3.63, 3.8) is 0 Å². The number of sulfonamides is 1. The van der Waals surface area contributed by atoms with Crippen LogP contribution < -0.4 is 5.14 Å². The summed E-state index contributed by atoms with van der Waals surface area (Å²) in [4.78, 5) is 7.00. The van der Waals surface area contributed by atoms with Crippen LogP contribution in [0.4, 0.5) is 0 Å². The van der Waals surface area contributed by atoms with Gasteiger partial charge in [-0.3, -0.25) is 4.99 Å². The highest BCUT2D eigenvalue weighted by Crippen LogP contribution is 2.44. The van der Waals surface area contributed by atoms with Crippen molar-refractivity contribution in [1.82, 2.24) is 4.90 Å². The zero-order chi connectivity index (χ0) is 21.4. The molecule has 31 heavy (non-hydrogen) atoms. The highest BCUT2D eigenvalue weighted by Gasteiger charge is 2.48. The van der Waals surface area contributed by atoms with E-state index in [1.54, 1.807) is 17.8 Å². The number of hydrogen-bond acceptors (Lipinski definition) is 5. The van der Waals surface area contributed by atoms with Crippen LogP contribution in [0, 0.1) is 0 Å². The van der Waals surface area contributed by atoms with Crippen LogP contribution in [0.5, 0.6) is 0 Å². The van der Waals surface area contributed by atoms with Gasteiger partial charge in [0, 0.05) is 11.6 Å². The van der Waals surface area contributed by atoms with E-state index in [9.17, 15) is 13.5 Å². The lowest BCUT2D eigenvalue weighted by atomic mass is 9.91. The van der Waals surface area contributed by atoms with E-state index in [1.807, 2.05) is 0 Å². The molecule has 2 saturated carbocycles. The first-order valence-corrected chi connectivity index (χ1v) is 13.8. The maximum absolute atomic E-state index is 12.0. The zero-order valence-electron chi connectivity index (χ0n) is 17.5. The van der Waals surface area contributed by atoms with Crippen LogP contribution in [0.3, 0.4) is 0 Å². The lowest BCUT2D eigenvalue weighted by Gasteiger charge is -2.42. The summed E-state index contributed by atoms with van der Waals surface area (Å²) in [5.74, 6) is 0.404. The minimum atomic E-state index is -3.99. The number of nitrogens with zero attached hydrogens (tertiary/aromatic N) is 2. The molecule has 0 amide bonds. The van der Waals surface area contributed by atoms with E-state index in [0.717, 1.165) is 43.7 Å². The molecule has 6 nitrogen and oxygen atoms in total. The highest BCUT2D eigenvalue weighted by molar-refractivity contribution is 8.14. The third kappa shape index (κ3) is 5.36. The van der Waals surface area contributed by atoms with Crippen LogP contribution in [0.2, 0.25) is 5.02 Å². The maximum Gasteiger partial charge on any atom is 0.239 e. The number of amidine groups is 1. The van der Waals surface area contributed by atoms with E-state index in [0.29, 0.717) is 17.4 Å². The number of rotatable bonds is 4. The van der Waals surface area contributed by atoms with Gasteiger partial charge in [0.15, 0.2) is 10.9 Å². The summed E-state index contributed by atoms with van der Waals surface area (Å²) in [5.41, 5.74) is -0.827. The number of thioether (sulfide) groups is 1. The van der Waals surface area contributed by atoms with Gasteiger partial charge < -0.3 is 10.0 Å². The van der Waals surface area contributed by atoms with Gasteiger partial charge in [-0.15, -0.1) is 12.4 Å². The van der Waals surface area contributed by atoms with Crippen LogP contribution in [-0.2, 0) is 15.7 Å². The summed E-state index contributed by atoms with van der Waals surface area (Å²) in [6.45, 7) is 0. The number of hydrogen-bond donors (Lipinski definition) is 2. The van der Waals surface area contributed by atoms with Gasteiger partial charge in [0.1, 0.15) is 4.90 Å². The average Bonchev–Trinajstić information content (AvgIpc) is 3.06. The third-order valence-corrected chi connectivity index (χ3v) is 9.01. The third-order valence-electron chi connectivity index (χ3n) is 6.51. The Balaban J connectivity index is 0.00000272. The minimum Gasteiger partial charge on any atom is -0.366 e. The van der Waals surface area contributed by atoms with E-state index in [2.05, 4.69) is 4.90 Å². The van der Waals surface area contributed by atoms with Crippen LogP contribution in [-0.4, -0.2) is 41.4 Å². The van der Waals surface area contributed by atoms with Gasteiger partial charge >= 0.3 is 0 Å². The number of aliphatic imine (C=N–C) groups is 1. The smallest absolute Gasteiger partial charge is 0.239 e. The first-order valence-electron chi connectivity index (χ1n) is 10.8. The van der Waals surface area contributed by atoms with Crippen molar-refractivity contribution in [2.24, 2.45) is 10.1 Å². The van der Waals surface area contributed by atoms with Gasteiger partial charge in [-0.2, -0.15) is 0 Å². The molecule has 1 aromatic rings. The number of benzene rings is 1. The number of nitrogens with two attached hydrogens (primary N) is 1. The Labute approximate surface area is 200 Å². The summed E-state index contributed by atoms with van der Waals surface area (Å²) >= 11 is 7.66. The van der Waals surface area contributed by atoms with Crippen molar-refractivity contribution in [2.75, 3.05) is 5.75 Å². The number of aliphatic hydroxyl groups is 1. The first-order chi connectivity index (χ1) is 14.3. The number of halogens is 2. The minimum absolute atomic E-state index is 0. The fourth-order valence-electron chi connectivity index (χ4n) is 4.92. The van der Waals surface area contributed by atoms with Crippen LogP contribution in [0.25, 0.3) is 0 Å². The maximum atomic E-state index is 12.0. The van der Waals surface area contributed by atoms with Crippen LogP contribution in [0.15, 0.2) is 28.1 Å². The molecular weight excluding hydrogens is 477 g/mol. The summed E-state index contributed by atoms with van der Waals surface area (Å²) < 4.78 is 24.0. The Bertz CT molecular complexity index is 916. The molecule has 4 rings (SSSR count). The summed E-state index contributed by atoms with van der Waals surface area (Å²) in [5, 5.41) is 18.2. The SMILES string of the molecule is Cl.NS(=O)(=O)c1cc(C2(O)CSC(=NC3CCCCC3)N2C2CCCCC2)ccc1Cl. The Morgan fingerprint density at radius 3 is 2.32 bits per heavy atom. The highest BCUT2D eigenvalue weighted by atomic mass is 35.5. The van der Waals surface area contributed by atoms with Gasteiger partial charge in [0.25, 0.3) is 0 Å². The van der Waals surface area contributed by atoms with E-state index >= 15 is 0 Å². The molecule has 0 radical (unpaired) electrons. The summed E-state index contributed by atoms with van der Waals surface area (Å²) in [6, 6.07) is 5.14. The molecular formula is C21H31Cl2N3O3S2. The molecule has 1 heterocycles. The summed E-state index contributed by atoms with van der Waals surface area (Å²) in [6.07, 6.45) is 11.3. The van der Waals surface area contributed by atoms with E-state index < -0.39 is 15.7 Å². The molecule has 1 aliphatic heterocycles. The fraction of sp³-hybridized carbons (Fsp3) is 0.667. The van der Waals surface area contributed by atoms with Crippen molar-refractivity contribution in [1.29, 1.82) is 0 Å². The van der Waals surface area contributed by atoms with E-state index in [4.69, 9.17) is 21.7 Å². The second-order valence-corrected chi connectivity index (χ2v) is 11.5. The first kappa shape index (κ1) is 25.1. The van der Waals surface area contributed by atoms with Gasteiger partial charge in [-0.1, -0.05) is 68.0 Å². The normalized spacial score (nSPS) is 27.5. The quantitative estimate of drug-likeness (QED) is 0.619. The molecule has 3 fully saturated rings. The molecule has 1 unspecified atom stereocenters. The molecule has 1 saturated heterocycles. The Kier molecular flexibility index (Phi) is 8.25. The van der Waals surface area contributed by atoms with Crippen LogP contribution >= 0.6 is 35.8 Å². The molecule has 174 valence electrons. The molecule has 0 bridgehead atoms. The second kappa shape index (κ2) is 10.2.